The van der Waals surface area contributed by atoms with E-state index in [0.717, 1.165) is 12.8 Å². The van der Waals surface area contributed by atoms with Gasteiger partial charge in [-0.1, -0.05) is 12.1 Å². The fourth-order valence-corrected chi connectivity index (χ4v) is 5.81. The van der Waals surface area contributed by atoms with Crippen LogP contribution in [-0.2, 0) is 20.0 Å². The quantitative estimate of drug-likeness (QED) is 0.864. The normalized spacial score (nSPS) is 19.2. The van der Waals surface area contributed by atoms with E-state index in [4.69, 9.17) is 0 Å². The van der Waals surface area contributed by atoms with Gasteiger partial charge < -0.3 is 5.32 Å². The maximum atomic E-state index is 12.5. The predicted octanol–water partition coefficient (Wildman–Crippen LogP) is 2.03. The van der Waals surface area contributed by atoms with Gasteiger partial charge in [-0.05, 0) is 49.2 Å². The molecular formula is C17H17N3O4S2. The molecule has 7 nitrogen and oxygen atoms in total. The molecule has 0 amide bonds. The molecule has 0 unspecified atom stereocenters. The Labute approximate surface area is 152 Å². The number of sulfonamides is 2. The summed E-state index contributed by atoms with van der Waals surface area (Å²) in [5, 5.41) is 2.96. The van der Waals surface area contributed by atoms with E-state index in [9.17, 15) is 16.8 Å². The van der Waals surface area contributed by atoms with Crippen LogP contribution in [0.1, 0.15) is 18.4 Å². The first-order valence-electron chi connectivity index (χ1n) is 8.19. The minimum atomic E-state index is -3.69. The Morgan fingerprint density at radius 1 is 0.962 bits per heavy atom. The molecule has 1 fully saturated rings. The zero-order valence-electron chi connectivity index (χ0n) is 13.8. The molecule has 0 atom stereocenters. The summed E-state index contributed by atoms with van der Waals surface area (Å²) in [6.07, 6.45) is 1.76. The van der Waals surface area contributed by atoms with E-state index < -0.39 is 20.0 Å². The van der Waals surface area contributed by atoms with Crippen LogP contribution in [0.15, 0.2) is 62.7 Å². The third-order valence-electron chi connectivity index (χ3n) is 4.45. The SMILES string of the molecule is O=S1(=O)N=C(Nc2ccc(S(=O)(=O)N3CCCC3)cc2)c2ccccc21. The molecule has 2 aromatic carbocycles. The summed E-state index contributed by atoms with van der Waals surface area (Å²) in [7, 11) is -7.16. The van der Waals surface area contributed by atoms with Crippen molar-refractivity contribution in [2.45, 2.75) is 22.6 Å². The summed E-state index contributed by atoms with van der Waals surface area (Å²) in [4.78, 5) is 0.391. The maximum absolute atomic E-state index is 12.5. The molecule has 2 aliphatic rings. The van der Waals surface area contributed by atoms with Crippen molar-refractivity contribution in [2.75, 3.05) is 18.4 Å². The molecule has 136 valence electrons. The molecule has 2 aliphatic heterocycles. The van der Waals surface area contributed by atoms with Crippen molar-refractivity contribution in [1.82, 2.24) is 4.31 Å². The number of fused-ring (bicyclic) bond motifs is 1. The Morgan fingerprint density at radius 2 is 1.62 bits per heavy atom. The lowest BCUT2D eigenvalue weighted by Crippen LogP contribution is -2.27. The van der Waals surface area contributed by atoms with E-state index >= 15 is 0 Å². The fraction of sp³-hybridized carbons (Fsp3) is 0.235. The van der Waals surface area contributed by atoms with Gasteiger partial charge in [0, 0.05) is 24.3 Å². The largest absolute Gasteiger partial charge is 0.339 e. The minimum Gasteiger partial charge on any atom is -0.339 e. The highest BCUT2D eigenvalue weighted by Gasteiger charge is 2.29. The van der Waals surface area contributed by atoms with E-state index in [0.29, 0.717) is 24.3 Å². The highest BCUT2D eigenvalue weighted by Crippen LogP contribution is 2.27. The van der Waals surface area contributed by atoms with Crippen LogP contribution < -0.4 is 5.32 Å². The van der Waals surface area contributed by atoms with Gasteiger partial charge in [0.15, 0.2) is 5.84 Å². The second-order valence-corrected chi connectivity index (χ2v) is 9.68. The summed E-state index contributed by atoms with van der Waals surface area (Å²) in [6, 6.07) is 12.8. The monoisotopic (exact) mass is 391 g/mol. The van der Waals surface area contributed by atoms with Crippen molar-refractivity contribution in [3.63, 3.8) is 0 Å². The van der Waals surface area contributed by atoms with Crippen LogP contribution in [0.3, 0.4) is 0 Å². The molecule has 2 heterocycles. The third-order valence-corrected chi connectivity index (χ3v) is 7.70. The summed E-state index contributed by atoms with van der Waals surface area (Å²) < 4.78 is 54.5. The summed E-state index contributed by atoms with van der Waals surface area (Å²) >= 11 is 0. The molecular weight excluding hydrogens is 374 g/mol. The second kappa shape index (κ2) is 6.19. The van der Waals surface area contributed by atoms with Crippen molar-refractivity contribution in [2.24, 2.45) is 4.40 Å². The van der Waals surface area contributed by atoms with Crippen LogP contribution >= 0.6 is 0 Å². The van der Waals surface area contributed by atoms with Crippen LogP contribution in [0.4, 0.5) is 5.69 Å². The van der Waals surface area contributed by atoms with Gasteiger partial charge in [-0.25, -0.2) is 8.42 Å². The molecule has 0 saturated carbocycles. The molecule has 0 bridgehead atoms. The number of rotatable bonds is 3. The first-order chi connectivity index (χ1) is 12.4. The van der Waals surface area contributed by atoms with Gasteiger partial charge in [-0.3, -0.25) is 0 Å². The van der Waals surface area contributed by atoms with Crippen molar-refractivity contribution in [1.29, 1.82) is 0 Å². The Hall–Kier alpha value is -2.23. The summed E-state index contributed by atoms with van der Waals surface area (Å²) in [6.45, 7) is 1.10. The van der Waals surface area contributed by atoms with Crippen LogP contribution in [0.5, 0.6) is 0 Å². The van der Waals surface area contributed by atoms with Crippen molar-refractivity contribution in [3.05, 3.63) is 54.1 Å². The molecule has 1 N–H and O–H groups in total. The molecule has 4 rings (SSSR count). The molecule has 9 heteroatoms. The average Bonchev–Trinajstić information content (AvgIpc) is 3.24. The first kappa shape index (κ1) is 17.2. The van der Waals surface area contributed by atoms with Gasteiger partial charge in [0.1, 0.15) is 4.90 Å². The van der Waals surface area contributed by atoms with E-state index in [-0.39, 0.29) is 15.6 Å². The number of nitrogens with zero attached hydrogens (tertiary/aromatic N) is 2. The van der Waals surface area contributed by atoms with Gasteiger partial charge in [0.2, 0.25) is 10.0 Å². The Kier molecular flexibility index (Phi) is 4.09. The Morgan fingerprint density at radius 3 is 2.31 bits per heavy atom. The number of amidine groups is 1. The van der Waals surface area contributed by atoms with Crippen LogP contribution in [0, 0.1) is 0 Å². The number of benzene rings is 2. The fourth-order valence-electron chi connectivity index (χ4n) is 3.12. The highest BCUT2D eigenvalue weighted by molar-refractivity contribution is 7.90. The smallest absolute Gasteiger partial charge is 0.285 e. The average molecular weight is 391 g/mol. The minimum absolute atomic E-state index is 0.163. The first-order valence-corrected chi connectivity index (χ1v) is 11.1. The lowest BCUT2D eigenvalue weighted by Gasteiger charge is -2.15. The predicted molar refractivity (Wildman–Crippen MR) is 98.2 cm³/mol. The Balaban J connectivity index is 1.59. The lowest BCUT2D eigenvalue weighted by atomic mass is 10.2. The van der Waals surface area contributed by atoms with Crippen LogP contribution in [-0.4, -0.2) is 40.1 Å². The maximum Gasteiger partial charge on any atom is 0.285 e. The third kappa shape index (κ3) is 2.91. The zero-order chi connectivity index (χ0) is 18.4. The topological polar surface area (TPSA) is 95.9 Å². The van der Waals surface area contributed by atoms with E-state index in [1.807, 2.05) is 0 Å². The summed E-state index contributed by atoms with van der Waals surface area (Å²) in [5.74, 6) is 0.232. The van der Waals surface area contributed by atoms with Crippen molar-refractivity contribution < 1.29 is 16.8 Å². The Bertz CT molecular complexity index is 1090. The standard InChI is InChI=1S/C17H17N3O4S2/c21-25(22)16-6-2-1-5-15(16)17(19-25)18-13-7-9-14(10-8-13)26(23,24)20-11-3-4-12-20/h1-2,5-10H,3-4,11-12H2,(H,18,19). The molecule has 26 heavy (non-hydrogen) atoms. The van der Waals surface area contributed by atoms with Gasteiger partial charge in [0.25, 0.3) is 10.0 Å². The number of hydrogen-bond acceptors (Lipinski definition) is 5. The van der Waals surface area contributed by atoms with E-state index in [2.05, 4.69) is 9.71 Å². The van der Waals surface area contributed by atoms with Gasteiger partial charge in [-0.15, -0.1) is 4.40 Å². The number of anilines is 1. The van der Waals surface area contributed by atoms with Crippen LogP contribution in [0.2, 0.25) is 0 Å². The van der Waals surface area contributed by atoms with Crippen molar-refractivity contribution in [3.8, 4) is 0 Å². The second-order valence-electron chi connectivity index (χ2n) is 6.17. The molecule has 0 aromatic heterocycles. The lowest BCUT2D eigenvalue weighted by molar-refractivity contribution is 0.477. The van der Waals surface area contributed by atoms with E-state index in [1.54, 1.807) is 30.3 Å². The van der Waals surface area contributed by atoms with Gasteiger partial charge >= 0.3 is 0 Å². The van der Waals surface area contributed by atoms with Gasteiger partial charge in [-0.2, -0.15) is 12.7 Å². The molecule has 0 aliphatic carbocycles. The zero-order valence-corrected chi connectivity index (χ0v) is 15.4. The number of hydrogen-bond donors (Lipinski definition) is 1. The molecule has 0 radical (unpaired) electrons. The molecule has 2 aromatic rings. The van der Waals surface area contributed by atoms with Crippen molar-refractivity contribution >= 4 is 31.6 Å². The molecule has 0 spiro atoms. The molecule has 1 saturated heterocycles. The van der Waals surface area contributed by atoms with E-state index in [1.165, 1.54) is 22.5 Å². The summed E-state index contributed by atoms with van der Waals surface area (Å²) in [5.41, 5.74) is 1.07. The van der Waals surface area contributed by atoms with Gasteiger partial charge in [0.05, 0.1) is 4.90 Å². The number of nitrogens with one attached hydrogen (secondary N) is 1. The van der Waals surface area contributed by atoms with Crippen LogP contribution in [0.25, 0.3) is 0 Å². The highest BCUT2D eigenvalue weighted by atomic mass is 32.2.